The van der Waals surface area contributed by atoms with Crippen LogP contribution in [0.2, 0.25) is 0 Å². The molecule has 2 aliphatic rings. The second-order valence-electron chi connectivity index (χ2n) is 10.3. The molecule has 1 aliphatic carbocycles. The fourth-order valence-corrected chi connectivity index (χ4v) is 5.58. The van der Waals surface area contributed by atoms with Gasteiger partial charge in [-0.2, -0.15) is 0 Å². The van der Waals surface area contributed by atoms with E-state index in [0.29, 0.717) is 37.3 Å². The normalized spacial score (nSPS) is 22.3. The topological polar surface area (TPSA) is 55.9 Å². The van der Waals surface area contributed by atoms with E-state index in [2.05, 4.69) is 37.1 Å². The fourth-order valence-electron chi connectivity index (χ4n) is 5.58. The average Bonchev–Trinajstić information content (AvgIpc) is 2.84. The first-order valence-corrected chi connectivity index (χ1v) is 13.3. The van der Waals surface area contributed by atoms with Crippen molar-refractivity contribution in [1.29, 1.82) is 0 Å². The van der Waals surface area contributed by atoms with Crippen molar-refractivity contribution in [3.05, 3.63) is 24.3 Å². The van der Waals surface area contributed by atoms with E-state index < -0.39 is 0 Å². The van der Waals surface area contributed by atoms with Crippen LogP contribution in [0.15, 0.2) is 24.3 Å². The van der Waals surface area contributed by atoms with Crippen molar-refractivity contribution in [3.63, 3.8) is 0 Å². The van der Waals surface area contributed by atoms with E-state index in [-0.39, 0.29) is 0 Å². The second-order valence-corrected chi connectivity index (χ2v) is 10.3. The largest absolute Gasteiger partial charge is 0.491 e. The van der Waals surface area contributed by atoms with Crippen LogP contribution in [0, 0.1) is 5.92 Å². The summed E-state index contributed by atoms with van der Waals surface area (Å²) in [6.07, 6.45) is 8.87. The number of nitrogens with zero attached hydrogens (tertiary/aromatic N) is 2. The van der Waals surface area contributed by atoms with Crippen molar-refractivity contribution in [3.8, 4) is 11.5 Å². The highest BCUT2D eigenvalue weighted by atomic mass is 16.5. The third kappa shape index (κ3) is 6.14. The lowest BCUT2D eigenvalue weighted by Crippen LogP contribution is -2.52. The summed E-state index contributed by atoms with van der Waals surface area (Å²) in [5, 5.41) is 4.74. The van der Waals surface area contributed by atoms with E-state index in [4.69, 9.17) is 19.2 Å². The number of hydrogen-bond acceptors (Lipinski definition) is 6. The zero-order valence-corrected chi connectivity index (χ0v) is 21.5. The summed E-state index contributed by atoms with van der Waals surface area (Å²) in [5.41, 5.74) is 0.875. The van der Waals surface area contributed by atoms with Crippen molar-refractivity contribution in [2.24, 2.45) is 5.92 Å². The van der Waals surface area contributed by atoms with Gasteiger partial charge in [-0.1, -0.05) is 25.3 Å². The number of likely N-dealkylation sites (tertiary alicyclic amines) is 1. The molecule has 6 heteroatoms. The number of anilines is 1. The van der Waals surface area contributed by atoms with Crippen LogP contribution in [0.25, 0.3) is 10.9 Å². The molecule has 1 saturated carbocycles. The zero-order valence-electron chi connectivity index (χ0n) is 21.5. The van der Waals surface area contributed by atoms with Gasteiger partial charge in [0.2, 0.25) is 0 Å². The Labute approximate surface area is 205 Å². The lowest BCUT2D eigenvalue weighted by atomic mass is 9.90. The predicted molar refractivity (Wildman–Crippen MR) is 139 cm³/mol. The summed E-state index contributed by atoms with van der Waals surface area (Å²) in [6, 6.07) is 9.54. The van der Waals surface area contributed by atoms with Crippen LogP contribution in [0.4, 0.5) is 5.82 Å². The molecule has 2 atom stereocenters. The molecule has 1 aromatic heterocycles. The van der Waals surface area contributed by atoms with Crippen LogP contribution < -0.4 is 14.8 Å². The highest BCUT2D eigenvalue weighted by Crippen LogP contribution is 2.35. The molecule has 1 aromatic carbocycles. The molecule has 0 spiro atoms. The van der Waals surface area contributed by atoms with Crippen molar-refractivity contribution < 1.29 is 14.2 Å². The minimum Gasteiger partial charge on any atom is -0.491 e. The number of methoxy groups -OCH3 is 1. The summed E-state index contributed by atoms with van der Waals surface area (Å²) in [4.78, 5) is 7.64. The number of ether oxygens (including phenoxy) is 3. The minimum atomic E-state index is 0.350. The molecular formula is C28H43N3O3. The van der Waals surface area contributed by atoms with Gasteiger partial charge in [-0.05, 0) is 71.0 Å². The van der Waals surface area contributed by atoms with Crippen molar-refractivity contribution in [1.82, 2.24) is 9.88 Å². The second kappa shape index (κ2) is 12.1. The number of benzene rings is 1. The van der Waals surface area contributed by atoms with E-state index in [1.54, 1.807) is 7.11 Å². The van der Waals surface area contributed by atoms with Gasteiger partial charge in [0.25, 0.3) is 0 Å². The number of piperidine rings is 1. The quantitative estimate of drug-likeness (QED) is 0.438. The Bertz CT molecular complexity index is 913. The number of nitrogens with one attached hydrogen (secondary N) is 1. The molecule has 34 heavy (non-hydrogen) atoms. The standard InChI is InChI=1S/C28H43N3O3/c1-20(2)31-15-9-13-24(21(31)3)29-27-18-26(33-17-16-32-4)23-12-8-14-25(28(23)30-27)34-19-22-10-6-5-7-11-22/h8,12,14,18,20-22,24H,5-7,9-11,13,15-17,19H2,1-4H3,(H,29,30)/t21-,24?/m1/s1. The smallest absolute Gasteiger partial charge is 0.145 e. The molecule has 1 N–H and O–H groups in total. The SMILES string of the molecule is COCCOc1cc(NC2CCCN(C(C)C)[C@@H]2C)nc2c(OCC3CCCCC3)cccc12. The van der Waals surface area contributed by atoms with E-state index >= 15 is 0 Å². The van der Waals surface area contributed by atoms with Crippen LogP contribution in [0.3, 0.4) is 0 Å². The first-order valence-electron chi connectivity index (χ1n) is 13.3. The maximum Gasteiger partial charge on any atom is 0.145 e. The number of pyridine rings is 1. The van der Waals surface area contributed by atoms with Crippen LogP contribution in [0.5, 0.6) is 11.5 Å². The summed E-state index contributed by atoms with van der Waals surface area (Å²) in [7, 11) is 1.70. The van der Waals surface area contributed by atoms with Crippen LogP contribution in [-0.2, 0) is 4.74 Å². The number of fused-ring (bicyclic) bond motifs is 1. The Balaban J connectivity index is 1.60. The highest BCUT2D eigenvalue weighted by molar-refractivity contribution is 5.91. The van der Waals surface area contributed by atoms with Gasteiger partial charge in [0.1, 0.15) is 29.4 Å². The fraction of sp³-hybridized carbons (Fsp3) is 0.679. The van der Waals surface area contributed by atoms with Gasteiger partial charge >= 0.3 is 0 Å². The minimum absolute atomic E-state index is 0.350. The number of para-hydroxylation sites is 1. The van der Waals surface area contributed by atoms with Gasteiger partial charge in [0.15, 0.2) is 0 Å². The molecule has 1 aliphatic heterocycles. The van der Waals surface area contributed by atoms with E-state index in [1.165, 1.54) is 38.5 Å². The third-order valence-electron chi connectivity index (χ3n) is 7.54. The van der Waals surface area contributed by atoms with Crippen LogP contribution in [0.1, 0.15) is 65.7 Å². The highest BCUT2D eigenvalue weighted by Gasteiger charge is 2.30. The average molecular weight is 470 g/mol. The predicted octanol–water partition coefficient (Wildman–Crippen LogP) is 5.89. The lowest BCUT2D eigenvalue weighted by molar-refractivity contribution is 0.112. The van der Waals surface area contributed by atoms with Gasteiger partial charge in [0.05, 0.1) is 13.2 Å². The monoisotopic (exact) mass is 469 g/mol. The first-order chi connectivity index (χ1) is 16.6. The Hall–Kier alpha value is -2.05. The Kier molecular flexibility index (Phi) is 8.90. The summed E-state index contributed by atoms with van der Waals surface area (Å²) in [6.45, 7) is 9.87. The molecule has 2 heterocycles. The zero-order chi connectivity index (χ0) is 23.9. The van der Waals surface area contributed by atoms with Gasteiger partial charge < -0.3 is 19.5 Å². The molecule has 188 valence electrons. The van der Waals surface area contributed by atoms with E-state index in [0.717, 1.165) is 47.8 Å². The number of rotatable bonds is 10. The van der Waals surface area contributed by atoms with Gasteiger partial charge in [-0.25, -0.2) is 4.98 Å². The molecule has 2 fully saturated rings. The number of hydrogen-bond donors (Lipinski definition) is 1. The summed E-state index contributed by atoms with van der Waals surface area (Å²) < 4.78 is 17.7. The molecule has 2 aromatic rings. The molecule has 1 saturated heterocycles. The summed E-state index contributed by atoms with van der Waals surface area (Å²) >= 11 is 0. The van der Waals surface area contributed by atoms with Gasteiger partial charge in [-0.15, -0.1) is 0 Å². The first kappa shape index (κ1) is 25.1. The molecule has 0 radical (unpaired) electrons. The number of aromatic nitrogens is 1. The van der Waals surface area contributed by atoms with Crippen LogP contribution in [-0.4, -0.2) is 61.5 Å². The summed E-state index contributed by atoms with van der Waals surface area (Å²) in [5.74, 6) is 3.18. The molecule has 1 unspecified atom stereocenters. The Morgan fingerprint density at radius 2 is 1.85 bits per heavy atom. The molecule has 6 nitrogen and oxygen atoms in total. The molecule has 0 bridgehead atoms. The Morgan fingerprint density at radius 3 is 2.62 bits per heavy atom. The van der Waals surface area contributed by atoms with Gasteiger partial charge in [-0.3, -0.25) is 4.90 Å². The maximum atomic E-state index is 6.38. The molecule has 4 rings (SSSR count). The van der Waals surface area contributed by atoms with Gasteiger partial charge in [0, 0.05) is 36.7 Å². The molecule has 0 amide bonds. The third-order valence-corrected chi connectivity index (χ3v) is 7.54. The van der Waals surface area contributed by atoms with Crippen LogP contribution >= 0.6 is 0 Å². The Morgan fingerprint density at radius 1 is 1.03 bits per heavy atom. The molecular weight excluding hydrogens is 426 g/mol. The lowest BCUT2D eigenvalue weighted by Gasteiger charge is -2.42. The van der Waals surface area contributed by atoms with Crippen molar-refractivity contribution >= 4 is 16.7 Å². The van der Waals surface area contributed by atoms with Crippen molar-refractivity contribution in [2.75, 3.05) is 38.8 Å². The van der Waals surface area contributed by atoms with E-state index in [9.17, 15) is 0 Å². The van der Waals surface area contributed by atoms with Crippen molar-refractivity contribution in [2.45, 2.75) is 83.8 Å². The van der Waals surface area contributed by atoms with E-state index in [1.807, 2.05) is 18.2 Å². The maximum absolute atomic E-state index is 6.38.